The molecule has 1 aliphatic rings. The molecule has 0 atom stereocenters. The number of ether oxygens (including phenoxy) is 1. The zero-order chi connectivity index (χ0) is 30.7. The number of aliphatic hydroxyl groups excluding tert-OH is 2. The Balaban J connectivity index is 1.49. The summed E-state index contributed by atoms with van der Waals surface area (Å²) in [6.45, 7) is 5.80. The Kier molecular flexibility index (Phi) is 8.41. The van der Waals surface area contributed by atoms with Gasteiger partial charge in [-0.25, -0.2) is 9.98 Å². The summed E-state index contributed by atoms with van der Waals surface area (Å²) in [6, 6.07) is 23.1. The third kappa shape index (κ3) is 6.34. The molecule has 0 saturated heterocycles. The van der Waals surface area contributed by atoms with Crippen LogP contribution in [0.4, 0.5) is 17.1 Å². The minimum atomic E-state index is -0.521. The minimum absolute atomic E-state index is 0.0326. The first-order chi connectivity index (χ1) is 20.6. The van der Waals surface area contributed by atoms with Crippen LogP contribution in [0.25, 0.3) is 6.08 Å². The second kappa shape index (κ2) is 12.3. The first-order valence-electron chi connectivity index (χ1n) is 13.4. The van der Waals surface area contributed by atoms with Gasteiger partial charge in [-0.2, -0.15) is 5.10 Å². The van der Waals surface area contributed by atoms with E-state index in [0.29, 0.717) is 38.8 Å². The highest BCUT2D eigenvalue weighted by Gasteiger charge is 2.29. The highest BCUT2D eigenvalue weighted by molar-refractivity contribution is 6.58. The monoisotopic (exact) mass is 592 g/mol. The van der Waals surface area contributed by atoms with Crippen molar-refractivity contribution in [1.29, 1.82) is 0 Å². The van der Waals surface area contributed by atoms with Gasteiger partial charge in [-0.15, -0.1) is 0 Å². The number of aryl methyl sites for hydroxylation is 3. The van der Waals surface area contributed by atoms with Gasteiger partial charge >= 0.3 is 0 Å². The van der Waals surface area contributed by atoms with Crippen molar-refractivity contribution in [2.24, 2.45) is 15.1 Å². The molecule has 0 heterocycles. The molecule has 43 heavy (non-hydrogen) atoms. The zero-order valence-electron chi connectivity index (χ0n) is 24.0. The number of fused-ring (bicyclic) bond motifs is 1. The number of rotatable bonds is 7. The van der Waals surface area contributed by atoms with Crippen LogP contribution in [0.15, 0.2) is 99.5 Å². The number of ketones is 1. The lowest BCUT2D eigenvalue weighted by atomic mass is 9.89. The van der Waals surface area contributed by atoms with E-state index in [0.717, 1.165) is 16.7 Å². The highest BCUT2D eigenvalue weighted by atomic mass is 35.5. The molecule has 0 aliphatic heterocycles. The molecule has 0 unspecified atom stereocenters. The van der Waals surface area contributed by atoms with Gasteiger partial charge in [-0.1, -0.05) is 59.6 Å². The molecule has 0 radical (unpaired) electrons. The summed E-state index contributed by atoms with van der Waals surface area (Å²) in [6.07, 6.45) is 1.57. The lowest BCUT2D eigenvalue weighted by Crippen LogP contribution is -2.27. The Labute approximate surface area is 254 Å². The fourth-order valence-corrected chi connectivity index (χ4v) is 4.84. The van der Waals surface area contributed by atoms with Crippen molar-refractivity contribution in [3.63, 3.8) is 0 Å². The van der Waals surface area contributed by atoms with Crippen LogP contribution >= 0.6 is 11.6 Å². The zero-order valence-corrected chi connectivity index (χ0v) is 24.8. The van der Waals surface area contributed by atoms with Gasteiger partial charge < -0.3 is 14.9 Å². The van der Waals surface area contributed by atoms with Crippen LogP contribution in [0.1, 0.15) is 33.4 Å². The van der Waals surface area contributed by atoms with E-state index in [9.17, 15) is 15.0 Å². The van der Waals surface area contributed by atoms with Gasteiger partial charge in [0, 0.05) is 16.1 Å². The van der Waals surface area contributed by atoms with E-state index in [-0.39, 0.29) is 22.9 Å². The quantitative estimate of drug-likeness (QED) is 0.114. The molecule has 0 saturated carbocycles. The minimum Gasteiger partial charge on any atom is -0.494 e. The summed E-state index contributed by atoms with van der Waals surface area (Å²) in [4.78, 5) is 22.3. The Morgan fingerprint density at radius 1 is 0.860 bits per heavy atom. The van der Waals surface area contributed by atoms with Crippen molar-refractivity contribution in [3.8, 4) is 5.75 Å². The summed E-state index contributed by atoms with van der Waals surface area (Å²) < 4.78 is 5.32. The van der Waals surface area contributed by atoms with E-state index < -0.39 is 11.7 Å². The number of hydrogen-bond acceptors (Lipinski definition) is 6. The van der Waals surface area contributed by atoms with E-state index in [2.05, 4.69) is 20.5 Å². The number of hydrogen-bond donors (Lipinski definition) is 3. The fraction of sp³-hybridized carbons (Fsp3) is 0.118. The van der Waals surface area contributed by atoms with Crippen molar-refractivity contribution < 1.29 is 19.7 Å². The molecule has 0 bridgehead atoms. The Hall–Kier alpha value is -5.21. The molecule has 9 heteroatoms. The van der Waals surface area contributed by atoms with Crippen molar-refractivity contribution in [1.82, 2.24) is 0 Å². The average Bonchev–Trinajstić information content (AvgIpc) is 2.98. The van der Waals surface area contributed by atoms with Gasteiger partial charge in [0.1, 0.15) is 17.1 Å². The van der Waals surface area contributed by atoms with E-state index >= 15 is 0 Å². The predicted molar refractivity (Wildman–Crippen MR) is 173 cm³/mol. The van der Waals surface area contributed by atoms with Crippen LogP contribution in [-0.4, -0.2) is 40.6 Å². The number of carbonyl (C=O) groups excluding carboxylic acids is 1. The van der Waals surface area contributed by atoms with E-state index in [1.165, 1.54) is 13.2 Å². The van der Waals surface area contributed by atoms with Gasteiger partial charge in [0.05, 0.1) is 24.1 Å². The summed E-state index contributed by atoms with van der Waals surface area (Å²) in [5.41, 5.74) is 9.19. The number of hydrazone groups is 1. The third-order valence-electron chi connectivity index (χ3n) is 6.95. The fourth-order valence-electron chi connectivity index (χ4n) is 4.67. The summed E-state index contributed by atoms with van der Waals surface area (Å²) in [5, 5.41) is 26.6. The maximum absolute atomic E-state index is 13.7. The molecule has 0 spiro atoms. The van der Waals surface area contributed by atoms with E-state index in [1.807, 2.05) is 63.2 Å². The number of anilines is 1. The second-order valence-electron chi connectivity index (χ2n) is 10.1. The van der Waals surface area contributed by atoms with Gasteiger partial charge in [0.25, 0.3) is 0 Å². The highest BCUT2D eigenvalue weighted by Crippen LogP contribution is 2.32. The van der Waals surface area contributed by atoms with Crippen molar-refractivity contribution in [2.75, 3.05) is 12.5 Å². The first-order valence-corrected chi connectivity index (χ1v) is 13.8. The Morgan fingerprint density at radius 3 is 2.42 bits per heavy atom. The van der Waals surface area contributed by atoms with Crippen LogP contribution in [0.3, 0.4) is 0 Å². The molecule has 216 valence electrons. The summed E-state index contributed by atoms with van der Waals surface area (Å²) >= 11 is 6.12. The lowest BCUT2D eigenvalue weighted by Gasteiger charge is -2.17. The van der Waals surface area contributed by atoms with Crippen LogP contribution in [-0.2, 0) is 4.79 Å². The third-order valence-corrected chi connectivity index (χ3v) is 7.19. The first kappa shape index (κ1) is 29.3. The number of methoxy groups -OCH3 is 1. The van der Waals surface area contributed by atoms with Gasteiger partial charge in [-0.3, -0.25) is 10.2 Å². The molecule has 0 amide bonds. The molecule has 4 aromatic carbocycles. The van der Waals surface area contributed by atoms with Gasteiger partial charge in [0.15, 0.2) is 0 Å². The van der Waals surface area contributed by atoms with Crippen molar-refractivity contribution in [2.45, 2.75) is 20.8 Å². The predicted octanol–water partition coefficient (Wildman–Crippen LogP) is 7.98. The summed E-state index contributed by atoms with van der Waals surface area (Å²) in [5.74, 6) is -0.733. The molecular formula is C34H29ClN4O4. The normalized spacial score (nSPS) is 14.4. The maximum Gasteiger partial charge on any atom is 0.223 e. The van der Waals surface area contributed by atoms with Crippen LogP contribution in [0, 0.1) is 20.8 Å². The number of halogens is 1. The smallest absolute Gasteiger partial charge is 0.223 e. The number of nitrogens with one attached hydrogen (secondary N) is 1. The van der Waals surface area contributed by atoms with E-state index in [1.54, 1.807) is 36.4 Å². The number of Topliss-reactive ketones (excluding diaryl/α,β-unsaturated/α-hetero) is 1. The Bertz CT molecular complexity index is 1870. The summed E-state index contributed by atoms with van der Waals surface area (Å²) in [7, 11) is 1.48. The van der Waals surface area contributed by atoms with Crippen LogP contribution in [0.5, 0.6) is 5.75 Å². The number of aliphatic hydroxyl groups is 2. The van der Waals surface area contributed by atoms with E-state index in [4.69, 9.17) is 16.3 Å². The van der Waals surface area contributed by atoms with Crippen LogP contribution < -0.4 is 10.2 Å². The molecule has 8 nitrogen and oxygen atoms in total. The SMILES string of the molecule is COc1ccc(Cl)cc1N=C(O)C1=Cc2ccccc2/C(=N/Nc2cc(N=C(O)c3ccc(C)cc3C)ccc2C)C1=O. The molecular weight excluding hydrogens is 564 g/mol. The Morgan fingerprint density at radius 2 is 1.65 bits per heavy atom. The maximum atomic E-state index is 13.7. The number of nitrogens with zero attached hydrogens (tertiary/aromatic N) is 3. The molecule has 1 aliphatic carbocycles. The second-order valence-corrected chi connectivity index (χ2v) is 10.5. The molecule has 4 aromatic rings. The molecule has 5 rings (SSSR count). The van der Waals surface area contributed by atoms with Crippen LogP contribution in [0.2, 0.25) is 5.02 Å². The van der Waals surface area contributed by atoms with Crippen molar-refractivity contribution >= 4 is 58.0 Å². The standard InChI is InChI=1S/C34H29ClN4O4/c1-19-9-13-25(21(3)15-19)33(41)36-24-12-10-20(2)28(18-24)38-39-31-26-8-6-5-7-22(26)16-27(32(31)40)34(42)37-29-17-23(35)11-14-30(29)43-4/h5-18,38H,1-4H3,(H,36,41)(H,37,42)/b39-31-. The molecule has 0 aromatic heterocycles. The molecule has 0 fully saturated rings. The molecule has 3 N–H and O–H groups in total. The van der Waals surface area contributed by atoms with Gasteiger partial charge in [-0.05, 0) is 79.9 Å². The van der Waals surface area contributed by atoms with Crippen molar-refractivity contribution in [3.05, 3.63) is 123 Å². The topological polar surface area (TPSA) is 116 Å². The lowest BCUT2D eigenvalue weighted by molar-refractivity contribution is -0.109. The number of carbonyl (C=O) groups is 1. The number of aliphatic imine (C=N–C) groups is 2. The van der Waals surface area contributed by atoms with Gasteiger partial charge in [0.2, 0.25) is 17.6 Å². The number of benzene rings is 4. The largest absolute Gasteiger partial charge is 0.494 e. The average molecular weight is 593 g/mol.